The predicted octanol–water partition coefficient (Wildman–Crippen LogP) is 5.25. The van der Waals surface area contributed by atoms with Crippen LogP contribution < -0.4 is 10.5 Å². The lowest BCUT2D eigenvalue weighted by Crippen LogP contribution is -2.08. The van der Waals surface area contributed by atoms with Crippen molar-refractivity contribution < 1.29 is 4.74 Å². The Morgan fingerprint density at radius 3 is 2.35 bits per heavy atom. The number of hydrogen-bond donors (Lipinski definition) is 1. The first kappa shape index (κ1) is 15.5. The third kappa shape index (κ3) is 3.80. The fourth-order valence-corrected chi connectivity index (χ4v) is 2.44. The summed E-state index contributed by atoms with van der Waals surface area (Å²) >= 11 is 17.9. The summed E-state index contributed by atoms with van der Waals surface area (Å²) in [5.41, 5.74) is 7.65. The molecule has 0 fully saturated rings. The van der Waals surface area contributed by atoms with Gasteiger partial charge < -0.3 is 10.5 Å². The molecule has 0 saturated heterocycles. The van der Waals surface area contributed by atoms with Crippen molar-refractivity contribution in [2.45, 2.75) is 19.6 Å². The molecule has 0 heterocycles. The number of rotatable bonds is 4. The molecule has 2 aromatic carbocycles. The molecular formula is C15H14Cl3NO. The van der Waals surface area contributed by atoms with Crippen LogP contribution in [0.2, 0.25) is 15.1 Å². The van der Waals surface area contributed by atoms with Gasteiger partial charge in [0, 0.05) is 32.2 Å². The standard InChI is InChI=1S/C15H14Cl3NO/c1-9(19)13-6-11(16)4-5-15(13)20-8-10-2-3-12(17)7-14(10)18/h2-7,9H,8,19H2,1H3/t9-/m0/s1. The first-order chi connectivity index (χ1) is 9.47. The Hall–Kier alpha value is -0.930. The molecule has 0 bridgehead atoms. The smallest absolute Gasteiger partial charge is 0.124 e. The second-order valence-electron chi connectivity index (χ2n) is 4.50. The molecule has 2 rings (SSSR count). The minimum Gasteiger partial charge on any atom is -0.489 e. The quantitative estimate of drug-likeness (QED) is 0.831. The summed E-state index contributed by atoms with van der Waals surface area (Å²) in [6, 6.07) is 10.5. The molecule has 0 aliphatic rings. The highest BCUT2D eigenvalue weighted by molar-refractivity contribution is 6.35. The van der Waals surface area contributed by atoms with Crippen LogP contribution in [0.5, 0.6) is 5.75 Å². The predicted molar refractivity (Wildman–Crippen MR) is 84.8 cm³/mol. The molecule has 0 amide bonds. The molecule has 2 aromatic rings. The average Bonchev–Trinajstić information content (AvgIpc) is 2.38. The average molecular weight is 331 g/mol. The lowest BCUT2D eigenvalue weighted by atomic mass is 10.1. The summed E-state index contributed by atoms with van der Waals surface area (Å²) in [4.78, 5) is 0. The third-order valence-corrected chi connectivity index (χ3v) is 3.68. The Bertz CT molecular complexity index is 614. The molecule has 0 aromatic heterocycles. The molecule has 0 aliphatic carbocycles. The van der Waals surface area contributed by atoms with Gasteiger partial charge in [-0.15, -0.1) is 0 Å². The molecule has 0 unspecified atom stereocenters. The summed E-state index contributed by atoms with van der Waals surface area (Å²) < 4.78 is 5.79. The molecule has 0 saturated carbocycles. The zero-order valence-electron chi connectivity index (χ0n) is 10.9. The Kier molecular flexibility index (Phi) is 5.17. The Balaban J connectivity index is 2.18. The van der Waals surface area contributed by atoms with Gasteiger partial charge in [-0.05, 0) is 37.3 Å². The van der Waals surface area contributed by atoms with E-state index in [0.29, 0.717) is 27.4 Å². The maximum absolute atomic E-state index is 6.11. The van der Waals surface area contributed by atoms with Gasteiger partial charge in [-0.25, -0.2) is 0 Å². The molecule has 1 atom stereocenters. The van der Waals surface area contributed by atoms with E-state index in [1.165, 1.54) is 0 Å². The van der Waals surface area contributed by atoms with Gasteiger partial charge >= 0.3 is 0 Å². The number of benzene rings is 2. The third-order valence-electron chi connectivity index (χ3n) is 2.86. The maximum Gasteiger partial charge on any atom is 0.124 e. The second-order valence-corrected chi connectivity index (χ2v) is 5.78. The van der Waals surface area contributed by atoms with Crippen molar-refractivity contribution in [1.82, 2.24) is 0 Å². The number of halogens is 3. The normalized spacial score (nSPS) is 12.2. The Morgan fingerprint density at radius 1 is 1.05 bits per heavy atom. The topological polar surface area (TPSA) is 35.2 Å². The fraction of sp³-hybridized carbons (Fsp3) is 0.200. The lowest BCUT2D eigenvalue weighted by molar-refractivity contribution is 0.301. The summed E-state index contributed by atoms with van der Waals surface area (Å²) in [5, 5.41) is 1.81. The molecule has 5 heteroatoms. The van der Waals surface area contributed by atoms with Crippen molar-refractivity contribution >= 4 is 34.8 Å². The highest BCUT2D eigenvalue weighted by atomic mass is 35.5. The first-order valence-corrected chi connectivity index (χ1v) is 7.22. The van der Waals surface area contributed by atoms with E-state index in [9.17, 15) is 0 Å². The van der Waals surface area contributed by atoms with E-state index in [4.69, 9.17) is 45.3 Å². The van der Waals surface area contributed by atoms with Crippen LogP contribution in [0.15, 0.2) is 36.4 Å². The zero-order valence-corrected chi connectivity index (χ0v) is 13.1. The van der Waals surface area contributed by atoms with Crippen molar-refractivity contribution in [3.8, 4) is 5.75 Å². The van der Waals surface area contributed by atoms with Crippen LogP contribution in [0.4, 0.5) is 0 Å². The fourth-order valence-electron chi connectivity index (χ4n) is 1.80. The van der Waals surface area contributed by atoms with E-state index in [1.54, 1.807) is 18.2 Å². The van der Waals surface area contributed by atoms with Crippen LogP contribution in [0.1, 0.15) is 24.1 Å². The van der Waals surface area contributed by atoms with Crippen LogP contribution in [0.3, 0.4) is 0 Å². The van der Waals surface area contributed by atoms with Gasteiger partial charge in [0.05, 0.1) is 0 Å². The molecule has 2 nitrogen and oxygen atoms in total. The monoisotopic (exact) mass is 329 g/mol. The van der Waals surface area contributed by atoms with Crippen molar-refractivity contribution in [2.75, 3.05) is 0 Å². The van der Waals surface area contributed by atoms with Gasteiger partial charge in [0.2, 0.25) is 0 Å². The molecule has 0 radical (unpaired) electrons. The van der Waals surface area contributed by atoms with Crippen LogP contribution >= 0.6 is 34.8 Å². The van der Waals surface area contributed by atoms with Gasteiger partial charge in [-0.1, -0.05) is 40.9 Å². The number of hydrogen-bond acceptors (Lipinski definition) is 2. The van der Waals surface area contributed by atoms with Crippen molar-refractivity contribution in [1.29, 1.82) is 0 Å². The number of nitrogens with two attached hydrogens (primary N) is 1. The summed E-state index contributed by atoms with van der Waals surface area (Å²) in [7, 11) is 0. The molecule has 2 N–H and O–H groups in total. The first-order valence-electron chi connectivity index (χ1n) is 6.09. The molecule has 0 spiro atoms. The van der Waals surface area contributed by atoms with Crippen molar-refractivity contribution in [3.63, 3.8) is 0 Å². The number of ether oxygens (including phenoxy) is 1. The van der Waals surface area contributed by atoms with Crippen molar-refractivity contribution in [2.24, 2.45) is 5.73 Å². The summed E-state index contributed by atoms with van der Waals surface area (Å²) in [6.07, 6.45) is 0. The summed E-state index contributed by atoms with van der Waals surface area (Å²) in [6.45, 7) is 2.23. The summed E-state index contributed by atoms with van der Waals surface area (Å²) in [5.74, 6) is 0.704. The van der Waals surface area contributed by atoms with E-state index in [0.717, 1.165) is 11.1 Å². The largest absolute Gasteiger partial charge is 0.489 e. The van der Waals surface area contributed by atoms with E-state index in [-0.39, 0.29) is 6.04 Å². The molecule has 20 heavy (non-hydrogen) atoms. The van der Waals surface area contributed by atoms with Gasteiger partial charge in [0.25, 0.3) is 0 Å². The Morgan fingerprint density at radius 2 is 1.70 bits per heavy atom. The van der Waals surface area contributed by atoms with Crippen molar-refractivity contribution in [3.05, 3.63) is 62.6 Å². The highest BCUT2D eigenvalue weighted by Gasteiger charge is 2.10. The van der Waals surface area contributed by atoms with Crippen LogP contribution in [0.25, 0.3) is 0 Å². The lowest BCUT2D eigenvalue weighted by Gasteiger charge is -2.15. The van der Waals surface area contributed by atoms with E-state index < -0.39 is 0 Å². The molecular weight excluding hydrogens is 317 g/mol. The van der Waals surface area contributed by atoms with Crippen LogP contribution in [-0.4, -0.2) is 0 Å². The highest BCUT2D eigenvalue weighted by Crippen LogP contribution is 2.29. The zero-order chi connectivity index (χ0) is 14.7. The minimum absolute atomic E-state index is 0.163. The van der Waals surface area contributed by atoms with Crippen LogP contribution in [0, 0.1) is 0 Å². The van der Waals surface area contributed by atoms with Crippen LogP contribution in [-0.2, 0) is 6.61 Å². The van der Waals surface area contributed by atoms with E-state index in [1.807, 2.05) is 25.1 Å². The van der Waals surface area contributed by atoms with Gasteiger partial charge in [0.1, 0.15) is 12.4 Å². The van der Waals surface area contributed by atoms with Gasteiger partial charge in [-0.3, -0.25) is 0 Å². The van der Waals surface area contributed by atoms with E-state index >= 15 is 0 Å². The molecule has 106 valence electrons. The minimum atomic E-state index is -0.163. The SMILES string of the molecule is C[C@H](N)c1cc(Cl)ccc1OCc1ccc(Cl)cc1Cl. The molecule has 0 aliphatic heterocycles. The van der Waals surface area contributed by atoms with E-state index in [2.05, 4.69) is 0 Å². The second kappa shape index (κ2) is 6.68. The Labute approximate surface area is 133 Å². The van der Waals surface area contributed by atoms with Gasteiger partial charge in [-0.2, -0.15) is 0 Å². The maximum atomic E-state index is 6.11. The van der Waals surface area contributed by atoms with Gasteiger partial charge in [0.15, 0.2) is 0 Å².